The zero-order chi connectivity index (χ0) is 45.9. The number of aliphatic carboxylic acids is 2. The summed E-state index contributed by atoms with van der Waals surface area (Å²) in [4.78, 5) is 72.7. The average molecular weight is 909 g/mol. The molecule has 1 N–H and O–H groups in total. The van der Waals surface area contributed by atoms with Crippen molar-refractivity contribution in [2.24, 2.45) is 23.7 Å². The second-order valence-electron chi connectivity index (χ2n) is 15.3. The van der Waals surface area contributed by atoms with Crippen LogP contribution in [0.2, 0.25) is 0 Å². The fraction of sp³-hybridized carbons (Fsp3) is 0.568. The molecule has 2 aromatic rings. The van der Waals surface area contributed by atoms with Gasteiger partial charge in [-0.3, -0.25) is 19.2 Å². The number of nitrogens with zero attached hydrogens (tertiary/aromatic N) is 3. The molecule has 3 amide bonds. The summed E-state index contributed by atoms with van der Waals surface area (Å²) < 4.78 is 2.68. The number of allylic oxidation sites excluding steroid dienone is 1. The lowest BCUT2D eigenvalue weighted by molar-refractivity contribution is -0.312. The van der Waals surface area contributed by atoms with Crippen LogP contribution in [0, 0.1) is 23.7 Å². The molecule has 0 saturated carbocycles. The normalized spacial score (nSPS) is 13.2. The molecule has 1 aromatic heterocycles. The van der Waals surface area contributed by atoms with Crippen molar-refractivity contribution in [2.75, 3.05) is 70.5 Å². The molecule has 1 aromatic carbocycles. The summed E-state index contributed by atoms with van der Waals surface area (Å²) in [7, 11) is 7.37. The van der Waals surface area contributed by atoms with Gasteiger partial charge < -0.3 is 39.5 Å². The van der Waals surface area contributed by atoms with E-state index in [9.17, 15) is 39.0 Å². The van der Waals surface area contributed by atoms with Crippen LogP contribution in [0.15, 0.2) is 67.5 Å². The van der Waals surface area contributed by atoms with Crippen molar-refractivity contribution in [3.05, 3.63) is 73.1 Å². The number of nitrogens with one attached hydrogen (secondary N) is 1. The fourth-order valence-electron chi connectivity index (χ4n) is 5.56. The summed E-state index contributed by atoms with van der Waals surface area (Å²) in [5, 5.41) is 24.4. The first-order valence-corrected chi connectivity index (χ1v) is 25.7. The number of carbonyl (C=O) groups is 6. The highest BCUT2D eigenvalue weighted by molar-refractivity contribution is 8.23. The maximum absolute atomic E-state index is 12.4. The van der Waals surface area contributed by atoms with E-state index in [0.717, 1.165) is 34.7 Å². The SMILES string of the molecule is C=CC(=O)C[C@@H](CC[S+](C)C)C(=O)[O-].CCC(CCC(C)C(=O)N[C@H](CC[S+](C)C)C(=O)[O-])C(=O)N(C)C.CN(C)C(=O)C(CSC(=S)n1cccc1)Cc1ccccc1. The van der Waals surface area contributed by atoms with Gasteiger partial charge in [-0.1, -0.05) is 74.7 Å². The molecule has 336 valence electrons. The van der Waals surface area contributed by atoms with Gasteiger partial charge in [0.25, 0.3) is 0 Å². The van der Waals surface area contributed by atoms with E-state index in [0.29, 0.717) is 31.4 Å². The molecule has 0 bridgehead atoms. The molecule has 12 nitrogen and oxygen atoms in total. The monoisotopic (exact) mass is 908 g/mol. The number of thiocarbonyl (C=S) groups is 1. The van der Waals surface area contributed by atoms with E-state index in [4.69, 9.17) is 12.2 Å². The van der Waals surface area contributed by atoms with Crippen molar-refractivity contribution in [2.45, 2.75) is 64.8 Å². The lowest BCUT2D eigenvalue weighted by Gasteiger charge is -2.23. The molecular formula is C44H68N4O8S4. The highest BCUT2D eigenvalue weighted by Crippen LogP contribution is 2.20. The lowest BCUT2D eigenvalue weighted by Crippen LogP contribution is -2.50. The van der Waals surface area contributed by atoms with Crippen LogP contribution in [0.1, 0.15) is 57.9 Å². The van der Waals surface area contributed by atoms with Gasteiger partial charge in [-0.15, -0.1) is 0 Å². The average Bonchev–Trinajstić information content (AvgIpc) is 3.75. The minimum Gasteiger partial charge on any atom is -0.550 e. The molecular weight excluding hydrogens is 841 g/mol. The van der Waals surface area contributed by atoms with Crippen LogP contribution in [0.25, 0.3) is 0 Å². The number of rotatable bonds is 23. The van der Waals surface area contributed by atoms with Crippen molar-refractivity contribution in [1.29, 1.82) is 0 Å². The third kappa shape index (κ3) is 24.6. The van der Waals surface area contributed by atoms with Gasteiger partial charge in [0, 0.05) is 89.3 Å². The molecule has 0 aliphatic heterocycles. The lowest BCUT2D eigenvalue weighted by atomic mass is 9.93. The summed E-state index contributed by atoms with van der Waals surface area (Å²) in [6, 6.07) is 13.1. The van der Waals surface area contributed by atoms with Crippen molar-refractivity contribution >= 4 is 85.5 Å². The van der Waals surface area contributed by atoms with Gasteiger partial charge in [0.1, 0.15) is 15.8 Å². The van der Waals surface area contributed by atoms with Crippen LogP contribution in [-0.2, 0) is 57.0 Å². The summed E-state index contributed by atoms with van der Waals surface area (Å²) in [6.45, 7) is 7.02. The minimum atomic E-state index is -1.24. The molecule has 0 spiro atoms. The van der Waals surface area contributed by atoms with Crippen LogP contribution in [0.4, 0.5) is 0 Å². The number of carbonyl (C=O) groups excluding carboxylic acids is 6. The Bertz CT molecular complexity index is 1620. The molecule has 16 heteroatoms. The van der Waals surface area contributed by atoms with Crippen LogP contribution in [-0.4, -0.2) is 131 Å². The summed E-state index contributed by atoms with van der Waals surface area (Å²) in [5.41, 5.74) is 1.18. The number of aromatic nitrogens is 1. The number of carboxylic acid groups (broad SMARTS) is 2. The predicted molar refractivity (Wildman–Crippen MR) is 251 cm³/mol. The first-order valence-electron chi connectivity index (χ1n) is 19.9. The fourth-order valence-corrected chi connectivity index (χ4v) is 8.22. The smallest absolute Gasteiger partial charge is 0.226 e. The Morgan fingerprint density at radius 2 is 1.33 bits per heavy atom. The van der Waals surface area contributed by atoms with Crippen LogP contribution < -0.4 is 15.5 Å². The second-order valence-corrected chi connectivity index (χ2v) is 21.7. The topological polar surface area (TPSA) is 172 Å². The van der Waals surface area contributed by atoms with E-state index in [-0.39, 0.29) is 69.5 Å². The Morgan fingerprint density at radius 1 is 0.800 bits per heavy atom. The molecule has 0 aliphatic rings. The summed E-state index contributed by atoms with van der Waals surface area (Å²) in [6.07, 6.45) is 16.7. The van der Waals surface area contributed by atoms with Crippen molar-refractivity contribution in [1.82, 2.24) is 19.7 Å². The van der Waals surface area contributed by atoms with E-state index >= 15 is 0 Å². The molecule has 0 saturated heterocycles. The van der Waals surface area contributed by atoms with Gasteiger partial charge >= 0.3 is 0 Å². The highest BCUT2D eigenvalue weighted by Gasteiger charge is 2.24. The highest BCUT2D eigenvalue weighted by atomic mass is 32.2. The number of hydrogen-bond acceptors (Lipinski definition) is 10. The molecule has 1 heterocycles. The van der Waals surface area contributed by atoms with Crippen LogP contribution in [0.5, 0.6) is 0 Å². The molecule has 60 heavy (non-hydrogen) atoms. The van der Waals surface area contributed by atoms with Crippen LogP contribution >= 0.6 is 24.0 Å². The molecule has 2 rings (SSSR count). The standard InChI is InChI=1S/C17H32N2O4S.C17H20N2OS2.C10H16O3S/c1-7-13(16(21)19(3)4)9-8-12(2)15(20)18-14(17(22)23)10-11-24(5)6;1-18(2)16(20)15(12-14-8-4-3-5-9-14)13-22-17(21)19-10-6-7-11-19;1-4-9(11)7-8(10(12)13)5-6-14(2)3/h12-14H,7-11H2,1-6H3,(H-,18,20,22,23);3-11,15H,12-13H2,1-2H3;4,8H,1,5-7H2,2-3H3/t12?,13?,14-;;8-/m1.1/s1. The van der Waals surface area contributed by atoms with E-state index in [1.54, 1.807) is 56.7 Å². The third-order valence-corrected chi connectivity index (χ3v) is 13.0. The molecule has 0 radical (unpaired) electrons. The number of hydrogen-bond donors (Lipinski definition) is 1. The molecule has 0 fully saturated rings. The van der Waals surface area contributed by atoms with Gasteiger partial charge in [0.15, 0.2) is 5.78 Å². The number of benzene rings is 1. The van der Waals surface area contributed by atoms with Gasteiger partial charge in [0.2, 0.25) is 17.7 Å². The van der Waals surface area contributed by atoms with Crippen molar-refractivity contribution in [3.63, 3.8) is 0 Å². The first kappa shape index (κ1) is 56.4. The van der Waals surface area contributed by atoms with E-state index in [1.807, 2.05) is 79.2 Å². The van der Waals surface area contributed by atoms with Gasteiger partial charge in [-0.05, 0) is 71.2 Å². The summed E-state index contributed by atoms with van der Waals surface area (Å²) >= 11 is 6.96. The number of carboxylic acids is 2. The van der Waals surface area contributed by atoms with Crippen molar-refractivity contribution < 1.29 is 39.0 Å². The minimum absolute atomic E-state index is 0.0169. The molecule has 5 atom stereocenters. The predicted octanol–water partition coefficient (Wildman–Crippen LogP) is 3.09. The first-order chi connectivity index (χ1) is 28.1. The van der Waals surface area contributed by atoms with E-state index in [1.165, 1.54) is 5.56 Å². The molecule has 0 aliphatic carbocycles. The maximum atomic E-state index is 12.4. The van der Waals surface area contributed by atoms with Crippen LogP contribution in [0.3, 0.4) is 0 Å². The van der Waals surface area contributed by atoms with Crippen molar-refractivity contribution in [3.8, 4) is 0 Å². The zero-order valence-electron chi connectivity index (χ0n) is 37.2. The van der Waals surface area contributed by atoms with Gasteiger partial charge in [-0.25, -0.2) is 0 Å². The second kappa shape index (κ2) is 31.3. The maximum Gasteiger partial charge on any atom is 0.226 e. The molecule has 3 unspecified atom stereocenters. The number of thioether (sulfide) groups is 1. The Hall–Kier alpha value is -3.60. The summed E-state index contributed by atoms with van der Waals surface area (Å²) in [5.74, 6) is -1.61. The Labute approximate surface area is 374 Å². The Morgan fingerprint density at radius 3 is 1.80 bits per heavy atom. The largest absolute Gasteiger partial charge is 0.550 e. The third-order valence-electron chi connectivity index (χ3n) is 9.32. The number of amides is 3. The van der Waals surface area contributed by atoms with Gasteiger partial charge in [-0.2, -0.15) is 0 Å². The zero-order valence-corrected chi connectivity index (χ0v) is 40.4. The quantitative estimate of drug-likeness (QED) is 0.0994. The van der Waals surface area contributed by atoms with Gasteiger partial charge in [0.05, 0.1) is 43.0 Å². The number of ketones is 1. The van der Waals surface area contributed by atoms with E-state index in [2.05, 4.69) is 24.0 Å². The Kier molecular flexibility index (Phi) is 29.4. The van der Waals surface area contributed by atoms with E-state index < -0.39 is 23.9 Å². The Balaban J connectivity index is 0.000000901.